The molecule has 1 saturated heterocycles. The molecule has 0 bridgehead atoms. The number of rotatable bonds is 5. The molecule has 3 unspecified atom stereocenters. The SMILES string of the molecule is CC(CNC(=O)CN1CC(O)C(O)C1)c1ccccc1. The predicted molar refractivity (Wildman–Crippen MR) is 76.3 cm³/mol. The highest BCUT2D eigenvalue weighted by atomic mass is 16.3. The fourth-order valence-electron chi connectivity index (χ4n) is 2.40. The molecule has 3 atom stereocenters. The van der Waals surface area contributed by atoms with Gasteiger partial charge in [0, 0.05) is 19.6 Å². The molecule has 20 heavy (non-hydrogen) atoms. The van der Waals surface area contributed by atoms with Crippen LogP contribution in [0.4, 0.5) is 0 Å². The van der Waals surface area contributed by atoms with E-state index in [1.165, 1.54) is 5.56 Å². The van der Waals surface area contributed by atoms with Gasteiger partial charge in [0.15, 0.2) is 0 Å². The average molecular weight is 278 g/mol. The summed E-state index contributed by atoms with van der Waals surface area (Å²) in [5, 5.41) is 21.7. The largest absolute Gasteiger partial charge is 0.389 e. The van der Waals surface area contributed by atoms with Gasteiger partial charge in [0.2, 0.25) is 5.91 Å². The number of aliphatic hydroxyl groups excluding tert-OH is 2. The van der Waals surface area contributed by atoms with E-state index in [1.54, 1.807) is 4.90 Å². The number of aliphatic hydroxyl groups is 2. The number of hydrogen-bond acceptors (Lipinski definition) is 4. The van der Waals surface area contributed by atoms with Crippen molar-refractivity contribution in [1.82, 2.24) is 10.2 Å². The summed E-state index contributed by atoms with van der Waals surface area (Å²) in [6.07, 6.45) is -1.49. The zero-order chi connectivity index (χ0) is 14.5. The van der Waals surface area contributed by atoms with Crippen LogP contribution < -0.4 is 5.32 Å². The minimum absolute atomic E-state index is 0.0749. The van der Waals surface area contributed by atoms with Crippen LogP contribution in [0.3, 0.4) is 0 Å². The van der Waals surface area contributed by atoms with Crippen LogP contribution in [0.5, 0.6) is 0 Å². The number of hydrogen-bond donors (Lipinski definition) is 3. The van der Waals surface area contributed by atoms with Gasteiger partial charge in [0.05, 0.1) is 18.8 Å². The molecule has 1 amide bonds. The number of likely N-dealkylation sites (tertiary alicyclic amines) is 1. The van der Waals surface area contributed by atoms with Crippen molar-refractivity contribution in [3.8, 4) is 0 Å². The molecule has 1 heterocycles. The Kier molecular flexibility index (Phi) is 5.11. The van der Waals surface area contributed by atoms with Gasteiger partial charge in [-0.3, -0.25) is 9.69 Å². The van der Waals surface area contributed by atoms with Crippen molar-refractivity contribution in [2.75, 3.05) is 26.2 Å². The van der Waals surface area contributed by atoms with Crippen LogP contribution in [0.15, 0.2) is 30.3 Å². The van der Waals surface area contributed by atoms with Crippen molar-refractivity contribution < 1.29 is 15.0 Å². The molecule has 0 saturated carbocycles. The molecule has 1 aliphatic rings. The molecule has 1 aromatic rings. The molecule has 0 radical (unpaired) electrons. The Balaban J connectivity index is 1.73. The van der Waals surface area contributed by atoms with Gasteiger partial charge >= 0.3 is 0 Å². The molecule has 2 rings (SSSR count). The first-order valence-corrected chi connectivity index (χ1v) is 6.96. The normalized spacial score (nSPS) is 24.6. The Hall–Kier alpha value is -1.43. The Morgan fingerprint density at radius 2 is 1.90 bits per heavy atom. The summed E-state index contributed by atoms with van der Waals surface area (Å²) in [4.78, 5) is 13.6. The Bertz CT molecular complexity index is 428. The van der Waals surface area contributed by atoms with Gasteiger partial charge in [0.25, 0.3) is 0 Å². The van der Waals surface area contributed by atoms with Gasteiger partial charge in [-0.2, -0.15) is 0 Å². The van der Waals surface area contributed by atoms with E-state index in [0.717, 1.165) is 0 Å². The van der Waals surface area contributed by atoms with Gasteiger partial charge in [-0.1, -0.05) is 37.3 Å². The van der Waals surface area contributed by atoms with E-state index in [1.807, 2.05) is 30.3 Å². The van der Waals surface area contributed by atoms with Crippen LogP contribution in [0.1, 0.15) is 18.4 Å². The highest BCUT2D eigenvalue weighted by Gasteiger charge is 2.30. The van der Waals surface area contributed by atoms with Crippen LogP contribution in [-0.4, -0.2) is 59.4 Å². The maximum Gasteiger partial charge on any atom is 0.234 e. The first kappa shape index (κ1) is 15.0. The smallest absolute Gasteiger partial charge is 0.234 e. The highest BCUT2D eigenvalue weighted by Crippen LogP contribution is 2.13. The second-order valence-electron chi connectivity index (χ2n) is 5.44. The Morgan fingerprint density at radius 1 is 1.30 bits per heavy atom. The van der Waals surface area contributed by atoms with Gasteiger partial charge in [-0.05, 0) is 11.5 Å². The maximum absolute atomic E-state index is 11.8. The highest BCUT2D eigenvalue weighted by molar-refractivity contribution is 5.78. The minimum atomic E-state index is -0.744. The third-order valence-corrected chi connectivity index (χ3v) is 3.68. The first-order valence-electron chi connectivity index (χ1n) is 6.96. The number of benzene rings is 1. The maximum atomic E-state index is 11.8. The molecule has 0 spiro atoms. The standard InChI is InChI=1S/C15H22N2O3/c1-11(12-5-3-2-4-6-12)7-16-15(20)10-17-8-13(18)14(19)9-17/h2-6,11,13-14,18-19H,7-10H2,1H3,(H,16,20). The van der Waals surface area contributed by atoms with Gasteiger partial charge in [0.1, 0.15) is 0 Å². The predicted octanol–water partition coefficient (Wildman–Crippen LogP) is -0.0563. The van der Waals surface area contributed by atoms with Crippen molar-refractivity contribution in [3.63, 3.8) is 0 Å². The lowest BCUT2D eigenvalue weighted by molar-refractivity contribution is -0.122. The second kappa shape index (κ2) is 6.83. The lowest BCUT2D eigenvalue weighted by Gasteiger charge is -2.16. The van der Waals surface area contributed by atoms with Crippen molar-refractivity contribution in [2.24, 2.45) is 0 Å². The van der Waals surface area contributed by atoms with Crippen molar-refractivity contribution in [3.05, 3.63) is 35.9 Å². The number of nitrogens with zero attached hydrogens (tertiary/aromatic N) is 1. The molecule has 110 valence electrons. The van der Waals surface area contributed by atoms with Crippen LogP contribution in [0.2, 0.25) is 0 Å². The third kappa shape index (κ3) is 4.03. The monoisotopic (exact) mass is 278 g/mol. The quantitative estimate of drug-likeness (QED) is 0.706. The number of amides is 1. The zero-order valence-electron chi connectivity index (χ0n) is 11.7. The average Bonchev–Trinajstić information content (AvgIpc) is 2.75. The third-order valence-electron chi connectivity index (χ3n) is 3.68. The van der Waals surface area contributed by atoms with Crippen LogP contribution in [0.25, 0.3) is 0 Å². The summed E-state index contributed by atoms with van der Waals surface area (Å²) in [6, 6.07) is 10.0. The summed E-state index contributed by atoms with van der Waals surface area (Å²) in [7, 11) is 0. The molecular weight excluding hydrogens is 256 g/mol. The molecule has 1 aliphatic heterocycles. The lowest BCUT2D eigenvalue weighted by Crippen LogP contribution is -2.38. The van der Waals surface area contributed by atoms with E-state index in [-0.39, 0.29) is 18.4 Å². The zero-order valence-corrected chi connectivity index (χ0v) is 11.7. The Labute approximate surface area is 119 Å². The molecule has 5 heteroatoms. The molecule has 5 nitrogen and oxygen atoms in total. The van der Waals surface area contributed by atoms with Crippen LogP contribution >= 0.6 is 0 Å². The van der Waals surface area contributed by atoms with E-state index in [9.17, 15) is 15.0 Å². The molecular formula is C15H22N2O3. The van der Waals surface area contributed by atoms with E-state index in [4.69, 9.17) is 0 Å². The van der Waals surface area contributed by atoms with E-state index in [2.05, 4.69) is 12.2 Å². The van der Waals surface area contributed by atoms with Crippen molar-refractivity contribution in [2.45, 2.75) is 25.0 Å². The van der Waals surface area contributed by atoms with Crippen LogP contribution in [0, 0.1) is 0 Å². The molecule has 1 fully saturated rings. The fourth-order valence-corrected chi connectivity index (χ4v) is 2.40. The van der Waals surface area contributed by atoms with Crippen LogP contribution in [-0.2, 0) is 4.79 Å². The molecule has 1 aromatic carbocycles. The summed E-state index contributed by atoms with van der Waals surface area (Å²) in [6.45, 7) is 3.57. The first-order chi connectivity index (χ1) is 9.56. The number of carbonyl (C=O) groups is 1. The summed E-state index contributed by atoms with van der Waals surface area (Å²) < 4.78 is 0. The van der Waals surface area contributed by atoms with Gasteiger partial charge < -0.3 is 15.5 Å². The fraction of sp³-hybridized carbons (Fsp3) is 0.533. The lowest BCUT2D eigenvalue weighted by atomic mass is 10.0. The summed E-state index contributed by atoms with van der Waals surface area (Å²) >= 11 is 0. The van der Waals surface area contributed by atoms with E-state index >= 15 is 0 Å². The minimum Gasteiger partial charge on any atom is -0.389 e. The summed E-state index contributed by atoms with van der Waals surface area (Å²) in [5.41, 5.74) is 1.19. The van der Waals surface area contributed by atoms with Gasteiger partial charge in [-0.15, -0.1) is 0 Å². The molecule has 0 aliphatic carbocycles. The van der Waals surface area contributed by atoms with Crippen molar-refractivity contribution in [1.29, 1.82) is 0 Å². The molecule has 3 N–H and O–H groups in total. The topological polar surface area (TPSA) is 72.8 Å². The molecule has 0 aromatic heterocycles. The second-order valence-corrected chi connectivity index (χ2v) is 5.44. The number of β-amino-alcohol motifs (C(OH)–C–C–N with tert-alkyl or cyclic N) is 2. The Morgan fingerprint density at radius 3 is 2.50 bits per heavy atom. The van der Waals surface area contributed by atoms with E-state index in [0.29, 0.717) is 19.6 Å². The van der Waals surface area contributed by atoms with Gasteiger partial charge in [-0.25, -0.2) is 0 Å². The number of carbonyl (C=O) groups excluding carboxylic acids is 1. The van der Waals surface area contributed by atoms with Crippen molar-refractivity contribution >= 4 is 5.91 Å². The number of nitrogens with one attached hydrogen (secondary N) is 1. The van der Waals surface area contributed by atoms with E-state index < -0.39 is 12.2 Å². The summed E-state index contributed by atoms with van der Waals surface area (Å²) in [5.74, 6) is 0.184.